The van der Waals surface area contributed by atoms with Gasteiger partial charge in [-0.05, 0) is 43.8 Å². The van der Waals surface area contributed by atoms with Gasteiger partial charge in [0, 0.05) is 11.9 Å². The van der Waals surface area contributed by atoms with Crippen molar-refractivity contribution in [2.45, 2.75) is 24.1 Å². The SMILES string of the molecule is Cc1cc(Sc2nnc(-c3ccc[nH]3)o2)nc(C)n1. The van der Waals surface area contributed by atoms with E-state index in [0.29, 0.717) is 11.1 Å². The topological polar surface area (TPSA) is 80.5 Å². The Labute approximate surface area is 113 Å². The molecule has 96 valence electrons. The molecule has 3 aromatic rings. The van der Waals surface area contributed by atoms with E-state index in [9.17, 15) is 0 Å². The molecule has 1 N–H and O–H groups in total. The fourth-order valence-corrected chi connectivity index (χ4v) is 2.44. The van der Waals surface area contributed by atoms with E-state index < -0.39 is 0 Å². The van der Waals surface area contributed by atoms with Gasteiger partial charge in [0.2, 0.25) is 0 Å². The fraction of sp³-hybridized carbons (Fsp3) is 0.167. The summed E-state index contributed by atoms with van der Waals surface area (Å²) < 4.78 is 5.56. The second-order valence-corrected chi connectivity index (χ2v) is 4.93. The van der Waals surface area contributed by atoms with Crippen molar-refractivity contribution in [3.8, 4) is 11.6 Å². The smallest absolute Gasteiger partial charge is 0.283 e. The Morgan fingerprint density at radius 2 is 2.11 bits per heavy atom. The average molecular weight is 273 g/mol. The molecule has 7 heteroatoms. The zero-order chi connectivity index (χ0) is 13.2. The van der Waals surface area contributed by atoms with E-state index >= 15 is 0 Å². The zero-order valence-electron chi connectivity index (χ0n) is 10.4. The number of nitrogens with one attached hydrogen (secondary N) is 1. The molecule has 0 atom stereocenters. The molecule has 0 unspecified atom stereocenters. The molecule has 3 heterocycles. The maximum Gasteiger partial charge on any atom is 0.283 e. The summed E-state index contributed by atoms with van der Waals surface area (Å²) in [5, 5.41) is 9.24. The van der Waals surface area contributed by atoms with Crippen molar-refractivity contribution in [3.05, 3.63) is 35.9 Å². The molecule has 0 amide bonds. The highest BCUT2D eigenvalue weighted by molar-refractivity contribution is 7.99. The van der Waals surface area contributed by atoms with Gasteiger partial charge in [-0.15, -0.1) is 10.2 Å². The lowest BCUT2D eigenvalue weighted by atomic mass is 10.4. The van der Waals surface area contributed by atoms with Crippen molar-refractivity contribution >= 4 is 11.8 Å². The minimum absolute atomic E-state index is 0.460. The van der Waals surface area contributed by atoms with E-state index in [4.69, 9.17) is 4.42 Å². The highest BCUT2D eigenvalue weighted by Gasteiger charge is 2.11. The first-order valence-electron chi connectivity index (χ1n) is 5.68. The summed E-state index contributed by atoms with van der Waals surface area (Å²) in [5.41, 5.74) is 1.72. The molecule has 0 aliphatic rings. The van der Waals surface area contributed by atoms with Crippen LogP contribution >= 0.6 is 11.8 Å². The first-order valence-corrected chi connectivity index (χ1v) is 6.50. The van der Waals surface area contributed by atoms with Gasteiger partial charge in [-0.3, -0.25) is 0 Å². The van der Waals surface area contributed by atoms with E-state index in [1.807, 2.05) is 38.2 Å². The number of hydrogen-bond acceptors (Lipinski definition) is 6. The van der Waals surface area contributed by atoms with Crippen LogP contribution in [0.15, 0.2) is 39.1 Å². The van der Waals surface area contributed by atoms with Crippen LogP contribution in [0.5, 0.6) is 0 Å². The second kappa shape index (κ2) is 4.85. The van der Waals surface area contributed by atoms with Crippen LogP contribution in [-0.4, -0.2) is 25.1 Å². The van der Waals surface area contributed by atoms with Crippen molar-refractivity contribution in [2.75, 3.05) is 0 Å². The predicted molar refractivity (Wildman–Crippen MR) is 69.7 cm³/mol. The molecule has 0 bridgehead atoms. The monoisotopic (exact) mass is 273 g/mol. The molecule has 0 saturated heterocycles. The summed E-state index contributed by atoms with van der Waals surface area (Å²) in [6.07, 6.45) is 1.81. The van der Waals surface area contributed by atoms with Crippen LogP contribution in [0.25, 0.3) is 11.6 Å². The molecule has 0 aromatic carbocycles. The number of aromatic amines is 1. The van der Waals surface area contributed by atoms with E-state index in [1.165, 1.54) is 11.8 Å². The van der Waals surface area contributed by atoms with E-state index in [2.05, 4.69) is 25.1 Å². The van der Waals surface area contributed by atoms with Crippen molar-refractivity contribution in [2.24, 2.45) is 0 Å². The number of rotatable bonds is 3. The Kier molecular flexibility index (Phi) is 3.04. The maximum atomic E-state index is 5.56. The van der Waals surface area contributed by atoms with E-state index in [0.717, 1.165) is 22.2 Å². The summed E-state index contributed by atoms with van der Waals surface area (Å²) in [7, 11) is 0. The van der Waals surface area contributed by atoms with Crippen LogP contribution in [0.1, 0.15) is 11.5 Å². The normalized spacial score (nSPS) is 10.8. The van der Waals surface area contributed by atoms with Crippen LogP contribution in [0.3, 0.4) is 0 Å². The molecule has 0 spiro atoms. The number of hydrogen-bond donors (Lipinski definition) is 1. The third-order valence-corrected chi connectivity index (χ3v) is 3.13. The van der Waals surface area contributed by atoms with Crippen LogP contribution < -0.4 is 0 Å². The molecular formula is C12H11N5OS. The Hall–Kier alpha value is -2.15. The molecule has 3 rings (SSSR count). The molecule has 0 aliphatic carbocycles. The Bertz CT molecular complexity index is 672. The van der Waals surface area contributed by atoms with Crippen molar-refractivity contribution in [1.82, 2.24) is 25.1 Å². The van der Waals surface area contributed by atoms with Gasteiger partial charge in [-0.25, -0.2) is 9.97 Å². The largest absolute Gasteiger partial charge is 0.409 e. The van der Waals surface area contributed by atoms with E-state index in [-0.39, 0.29) is 0 Å². The van der Waals surface area contributed by atoms with Gasteiger partial charge >= 0.3 is 0 Å². The fourth-order valence-electron chi connectivity index (χ4n) is 1.65. The standard InChI is InChI=1S/C12H11N5OS/c1-7-6-10(15-8(2)14-7)19-12-17-16-11(18-12)9-4-3-5-13-9/h3-6,13H,1-2H3. The lowest BCUT2D eigenvalue weighted by molar-refractivity contribution is 0.464. The van der Waals surface area contributed by atoms with Gasteiger partial charge in [0.1, 0.15) is 16.5 Å². The first-order chi connectivity index (χ1) is 9.20. The Morgan fingerprint density at radius 3 is 2.84 bits per heavy atom. The molecule has 0 fully saturated rings. The lowest BCUT2D eigenvalue weighted by Crippen LogP contribution is -1.92. The van der Waals surface area contributed by atoms with Gasteiger partial charge in [-0.1, -0.05) is 0 Å². The number of aromatic nitrogens is 5. The van der Waals surface area contributed by atoms with Crippen LogP contribution in [0, 0.1) is 13.8 Å². The van der Waals surface area contributed by atoms with Crippen LogP contribution in [-0.2, 0) is 0 Å². The molecule has 19 heavy (non-hydrogen) atoms. The Balaban J connectivity index is 1.84. The number of aryl methyl sites for hydroxylation is 2. The van der Waals surface area contributed by atoms with E-state index in [1.54, 1.807) is 0 Å². The van der Waals surface area contributed by atoms with Crippen molar-refractivity contribution < 1.29 is 4.42 Å². The van der Waals surface area contributed by atoms with Crippen LogP contribution in [0.4, 0.5) is 0 Å². The maximum absolute atomic E-state index is 5.56. The molecule has 6 nitrogen and oxygen atoms in total. The predicted octanol–water partition coefficient (Wildman–Crippen LogP) is 2.62. The zero-order valence-corrected chi connectivity index (χ0v) is 11.2. The van der Waals surface area contributed by atoms with Crippen LogP contribution in [0.2, 0.25) is 0 Å². The summed E-state index contributed by atoms with van der Waals surface area (Å²) in [4.78, 5) is 11.6. The molecular weight excluding hydrogens is 262 g/mol. The molecule has 0 aliphatic heterocycles. The third-order valence-electron chi connectivity index (χ3n) is 2.37. The molecule has 3 aromatic heterocycles. The summed E-state index contributed by atoms with van der Waals surface area (Å²) in [6.45, 7) is 3.78. The highest BCUT2D eigenvalue weighted by Crippen LogP contribution is 2.27. The van der Waals surface area contributed by atoms with Gasteiger partial charge in [0.15, 0.2) is 0 Å². The van der Waals surface area contributed by atoms with Gasteiger partial charge in [-0.2, -0.15) is 0 Å². The number of nitrogens with zero attached hydrogens (tertiary/aromatic N) is 4. The Morgan fingerprint density at radius 1 is 1.21 bits per heavy atom. The summed E-state index contributed by atoms with van der Waals surface area (Å²) in [6, 6.07) is 5.64. The average Bonchev–Trinajstić information content (AvgIpc) is 2.96. The summed E-state index contributed by atoms with van der Waals surface area (Å²) in [5.74, 6) is 1.20. The lowest BCUT2D eigenvalue weighted by Gasteiger charge is -1.99. The summed E-state index contributed by atoms with van der Waals surface area (Å²) >= 11 is 1.33. The minimum atomic E-state index is 0.460. The number of H-pyrrole nitrogens is 1. The van der Waals surface area contributed by atoms with Gasteiger partial charge in [0.25, 0.3) is 11.1 Å². The van der Waals surface area contributed by atoms with Crippen molar-refractivity contribution in [1.29, 1.82) is 0 Å². The minimum Gasteiger partial charge on any atom is -0.409 e. The quantitative estimate of drug-likeness (QED) is 0.739. The van der Waals surface area contributed by atoms with Gasteiger partial charge < -0.3 is 9.40 Å². The molecule has 0 saturated carbocycles. The van der Waals surface area contributed by atoms with Crippen molar-refractivity contribution in [3.63, 3.8) is 0 Å². The molecule has 0 radical (unpaired) electrons. The third kappa shape index (κ3) is 2.65. The second-order valence-electron chi connectivity index (χ2n) is 3.95. The van der Waals surface area contributed by atoms with Gasteiger partial charge in [0.05, 0.1) is 0 Å². The first kappa shape index (κ1) is 11.9. The highest BCUT2D eigenvalue weighted by atomic mass is 32.2.